The van der Waals surface area contributed by atoms with Crippen LogP contribution in [-0.2, 0) is 16.0 Å². The number of pyridine rings is 1. The molecule has 2 rings (SSSR count). The third-order valence-electron chi connectivity index (χ3n) is 3.14. The van der Waals surface area contributed by atoms with E-state index in [2.05, 4.69) is 15.3 Å². The molecule has 0 bridgehead atoms. The van der Waals surface area contributed by atoms with E-state index in [1.54, 1.807) is 17.8 Å². The summed E-state index contributed by atoms with van der Waals surface area (Å²) >= 11 is 1.43. The average molecular weight is 333 g/mol. The van der Waals surface area contributed by atoms with Crippen LogP contribution in [0.4, 0.5) is 0 Å². The number of carboxylic acids is 1. The number of rotatable bonds is 7. The molecule has 0 radical (unpaired) electrons. The molecule has 0 fully saturated rings. The first kappa shape index (κ1) is 17.1. The summed E-state index contributed by atoms with van der Waals surface area (Å²) in [4.78, 5) is 31.7. The number of hydrogen-bond acceptors (Lipinski definition) is 5. The van der Waals surface area contributed by atoms with Crippen molar-refractivity contribution in [3.8, 4) is 10.6 Å². The number of aromatic nitrogens is 2. The first-order chi connectivity index (χ1) is 11.0. The Balaban J connectivity index is 1.98. The number of nitrogens with zero attached hydrogens (tertiary/aromatic N) is 2. The topological polar surface area (TPSA) is 92.2 Å². The van der Waals surface area contributed by atoms with E-state index in [9.17, 15) is 9.59 Å². The van der Waals surface area contributed by atoms with Crippen molar-refractivity contribution >= 4 is 23.2 Å². The number of thiazole rings is 1. The van der Waals surface area contributed by atoms with E-state index < -0.39 is 12.0 Å². The van der Waals surface area contributed by atoms with Gasteiger partial charge in [0.05, 0.1) is 12.1 Å². The fourth-order valence-electron chi connectivity index (χ4n) is 2.11. The van der Waals surface area contributed by atoms with Crippen molar-refractivity contribution in [1.82, 2.24) is 15.3 Å². The summed E-state index contributed by atoms with van der Waals surface area (Å²) in [6.07, 6.45) is 3.87. The molecular formula is C16H19N3O3S. The molecule has 7 heteroatoms. The summed E-state index contributed by atoms with van der Waals surface area (Å²) in [6.45, 7) is 3.84. The summed E-state index contributed by atoms with van der Waals surface area (Å²) in [5.41, 5.74) is 1.52. The van der Waals surface area contributed by atoms with Gasteiger partial charge in [-0.1, -0.05) is 13.8 Å². The van der Waals surface area contributed by atoms with Gasteiger partial charge in [-0.05, 0) is 24.5 Å². The zero-order chi connectivity index (χ0) is 16.8. The van der Waals surface area contributed by atoms with Crippen LogP contribution in [0.3, 0.4) is 0 Å². The second-order valence-electron chi connectivity index (χ2n) is 5.65. The first-order valence-electron chi connectivity index (χ1n) is 7.32. The molecule has 1 amide bonds. The van der Waals surface area contributed by atoms with Crippen LogP contribution in [0.2, 0.25) is 0 Å². The molecular weight excluding hydrogens is 314 g/mol. The lowest BCUT2D eigenvalue weighted by molar-refractivity contribution is -0.142. The van der Waals surface area contributed by atoms with E-state index in [0.29, 0.717) is 12.1 Å². The van der Waals surface area contributed by atoms with Crippen LogP contribution in [0.1, 0.15) is 26.0 Å². The van der Waals surface area contributed by atoms with Crippen LogP contribution in [0.5, 0.6) is 0 Å². The number of amides is 1. The van der Waals surface area contributed by atoms with E-state index in [1.165, 1.54) is 11.3 Å². The Hall–Kier alpha value is -2.28. The van der Waals surface area contributed by atoms with Crippen molar-refractivity contribution in [2.45, 2.75) is 32.7 Å². The summed E-state index contributed by atoms with van der Waals surface area (Å²) < 4.78 is 0. The maximum absolute atomic E-state index is 12.0. The first-order valence-corrected chi connectivity index (χ1v) is 8.20. The molecule has 122 valence electrons. The second-order valence-corrected chi connectivity index (χ2v) is 6.51. The largest absolute Gasteiger partial charge is 0.480 e. The van der Waals surface area contributed by atoms with Crippen LogP contribution >= 0.6 is 11.3 Å². The molecule has 0 saturated carbocycles. The lowest BCUT2D eigenvalue weighted by Crippen LogP contribution is -2.42. The minimum absolute atomic E-state index is 0.0681. The third kappa shape index (κ3) is 5.14. The Morgan fingerprint density at radius 3 is 2.78 bits per heavy atom. The smallest absolute Gasteiger partial charge is 0.326 e. The number of carboxylic acid groups (broad SMARTS) is 1. The summed E-state index contributed by atoms with van der Waals surface area (Å²) in [6, 6.07) is 2.87. The van der Waals surface area contributed by atoms with Gasteiger partial charge in [0.25, 0.3) is 0 Å². The van der Waals surface area contributed by atoms with Crippen molar-refractivity contribution in [3.05, 3.63) is 35.6 Å². The highest BCUT2D eigenvalue weighted by molar-refractivity contribution is 7.13. The zero-order valence-corrected chi connectivity index (χ0v) is 13.8. The van der Waals surface area contributed by atoms with E-state index in [4.69, 9.17) is 5.11 Å². The van der Waals surface area contributed by atoms with E-state index in [-0.39, 0.29) is 18.2 Å². The molecule has 0 spiro atoms. The summed E-state index contributed by atoms with van der Waals surface area (Å²) in [5, 5.41) is 14.3. The highest BCUT2D eigenvalue weighted by Crippen LogP contribution is 2.22. The van der Waals surface area contributed by atoms with Gasteiger partial charge in [-0.25, -0.2) is 9.78 Å². The Kier molecular flexibility index (Phi) is 5.81. The molecule has 0 saturated heterocycles. The van der Waals surface area contributed by atoms with Crippen LogP contribution < -0.4 is 5.32 Å². The maximum atomic E-state index is 12.0. The van der Waals surface area contributed by atoms with Crippen molar-refractivity contribution in [2.75, 3.05) is 0 Å². The third-order valence-corrected chi connectivity index (χ3v) is 4.08. The van der Waals surface area contributed by atoms with Crippen molar-refractivity contribution in [3.63, 3.8) is 0 Å². The Bertz CT molecular complexity index is 670. The highest BCUT2D eigenvalue weighted by atomic mass is 32.1. The van der Waals surface area contributed by atoms with E-state index in [0.717, 1.165) is 10.6 Å². The maximum Gasteiger partial charge on any atom is 0.326 e. The number of hydrogen-bond donors (Lipinski definition) is 2. The standard InChI is InChI=1S/C16H19N3O3S/c1-10(2)6-13(16(21)22)19-14(20)7-12-9-23-15(18-12)11-4-3-5-17-8-11/h3-5,8-10,13H,6-7H2,1-2H3,(H,19,20)(H,21,22)/t13-/m1/s1. The van der Waals surface area contributed by atoms with Crippen LogP contribution in [0.15, 0.2) is 29.9 Å². The number of carbonyl (C=O) groups excluding carboxylic acids is 1. The van der Waals surface area contributed by atoms with Gasteiger partial charge in [0.15, 0.2) is 0 Å². The van der Waals surface area contributed by atoms with Gasteiger partial charge in [0.1, 0.15) is 11.0 Å². The van der Waals surface area contributed by atoms with Gasteiger partial charge >= 0.3 is 5.97 Å². The molecule has 2 N–H and O–H groups in total. The number of aliphatic carboxylic acids is 1. The van der Waals surface area contributed by atoms with Crippen molar-refractivity contribution in [1.29, 1.82) is 0 Å². The molecule has 0 unspecified atom stereocenters. The highest BCUT2D eigenvalue weighted by Gasteiger charge is 2.21. The average Bonchev–Trinajstić information content (AvgIpc) is 2.95. The molecule has 6 nitrogen and oxygen atoms in total. The summed E-state index contributed by atoms with van der Waals surface area (Å²) in [5.74, 6) is -1.16. The molecule has 0 aliphatic rings. The van der Waals surface area contributed by atoms with Gasteiger partial charge in [-0.3, -0.25) is 9.78 Å². The Morgan fingerprint density at radius 2 is 2.17 bits per heavy atom. The fraction of sp³-hybridized carbons (Fsp3) is 0.375. The van der Waals surface area contributed by atoms with Crippen molar-refractivity contribution in [2.24, 2.45) is 5.92 Å². The van der Waals surface area contributed by atoms with Crippen LogP contribution in [0, 0.1) is 5.92 Å². The Morgan fingerprint density at radius 1 is 1.39 bits per heavy atom. The number of nitrogens with one attached hydrogen (secondary N) is 1. The van der Waals surface area contributed by atoms with Gasteiger partial charge in [0, 0.05) is 23.3 Å². The predicted molar refractivity (Wildman–Crippen MR) is 88.1 cm³/mol. The second kappa shape index (κ2) is 7.82. The van der Waals surface area contributed by atoms with Crippen molar-refractivity contribution < 1.29 is 14.7 Å². The van der Waals surface area contributed by atoms with E-state index in [1.807, 2.05) is 26.0 Å². The molecule has 0 aliphatic carbocycles. The number of carbonyl (C=O) groups is 2. The normalized spacial score (nSPS) is 12.1. The lowest BCUT2D eigenvalue weighted by atomic mass is 10.0. The van der Waals surface area contributed by atoms with Gasteiger partial charge in [-0.15, -0.1) is 11.3 Å². The van der Waals surface area contributed by atoms with E-state index >= 15 is 0 Å². The molecule has 2 heterocycles. The molecule has 2 aromatic rings. The van der Waals surface area contributed by atoms with Crippen LogP contribution in [0.25, 0.3) is 10.6 Å². The monoisotopic (exact) mass is 333 g/mol. The van der Waals surface area contributed by atoms with Crippen LogP contribution in [-0.4, -0.2) is 33.0 Å². The fourth-order valence-corrected chi connectivity index (χ4v) is 2.92. The predicted octanol–water partition coefficient (Wildman–Crippen LogP) is 2.36. The van der Waals surface area contributed by atoms with Gasteiger partial charge in [-0.2, -0.15) is 0 Å². The quantitative estimate of drug-likeness (QED) is 0.811. The molecule has 1 atom stereocenters. The Labute approximate surface area is 138 Å². The minimum atomic E-state index is -1.01. The molecule has 0 aliphatic heterocycles. The minimum Gasteiger partial charge on any atom is -0.480 e. The SMILES string of the molecule is CC(C)C[C@@H](NC(=O)Cc1csc(-c2cccnc2)n1)C(=O)O. The molecule has 23 heavy (non-hydrogen) atoms. The zero-order valence-electron chi connectivity index (χ0n) is 13.0. The molecule has 2 aromatic heterocycles. The lowest BCUT2D eigenvalue weighted by Gasteiger charge is -2.16. The summed E-state index contributed by atoms with van der Waals surface area (Å²) in [7, 11) is 0. The molecule has 0 aromatic carbocycles. The van der Waals surface area contributed by atoms with Gasteiger partial charge in [0.2, 0.25) is 5.91 Å². The van der Waals surface area contributed by atoms with Gasteiger partial charge < -0.3 is 10.4 Å².